The Bertz CT molecular complexity index is 1100. The highest BCUT2D eigenvalue weighted by Crippen LogP contribution is 2.21. The van der Waals surface area contributed by atoms with Gasteiger partial charge in [0.25, 0.3) is 0 Å². The first-order valence-electron chi connectivity index (χ1n) is 8.35. The van der Waals surface area contributed by atoms with Crippen molar-refractivity contribution in [2.75, 3.05) is 10.6 Å². The number of amides is 2. The molecule has 3 heterocycles. The second-order valence-electron chi connectivity index (χ2n) is 6.14. The van der Waals surface area contributed by atoms with E-state index in [0.29, 0.717) is 23.2 Å². The van der Waals surface area contributed by atoms with Gasteiger partial charge in [0.15, 0.2) is 17.5 Å². The summed E-state index contributed by atoms with van der Waals surface area (Å²) in [5.41, 5.74) is 1.35. The van der Waals surface area contributed by atoms with Crippen molar-refractivity contribution in [3.05, 3.63) is 43.0 Å². The zero-order chi connectivity index (χ0) is 18.8. The maximum atomic E-state index is 12.3. The number of anilines is 2. The number of H-pyrrole nitrogens is 1. The third-order valence-corrected chi connectivity index (χ3v) is 3.94. The van der Waals surface area contributed by atoms with Gasteiger partial charge in [-0.3, -0.25) is 20.7 Å². The summed E-state index contributed by atoms with van der Waals surface area (Å²) in [5.74, 6) is 1.31. The number of benzene rings is 1. The first-order valence-corrected chi connectivity index (χ1v) is 8.35. The summed E-state index contributed by atoms with van der Waals surface area (Å²) in [6.45, 7) is 4.04. The number of urea groups is 1. The van der Waals surface area contributed by atoms with E-state index in [1.165, 1.54) is 6.20 Å². The lowest BCUT2D eigenvalue weighted by Gasteiger charge is -2.10. The summed E-state index contributed by atoms with van der Waals surface area (Å²) in [5, 5.41) is 21.2. The van der Waals surface area contributed by atoms with E-state index in [1.54, 1.807) is 12.5 Å². The lowest BCUT2D eigenvalue weighted by atomic mass is 10.2. The third kappa shape index (κ3) is 3.32. The number of hydrogen-bond donors (Lipinski definition) is 3. The zero-order valence-corrected chi connectivity index (χ0v) is 14.7. The predicted molar refractivity (Wildman–Crippen MR) is 100 cm³/mol. The lowest BCUT2D eigenvalue weighted by Crippen LogP contribution is -2.20. The SMILES string of the molecule is CC(C)n1cnnc1-c1cncc(NC(=O)Nc2n[nH]c3ccccc23)n1. The van der Waals surface area contributed by atoms with Gasteiger partial charge in [-0.1, -0.05) is 12.1 Å². The highest BCUT2D eigenvalue weighted by molar-refractivity contribution is 6.04. The average molecular weight is 363 g/mol. The van der Waals surface area contributed by atoms with Crippen LogP contribution in [0.4, 0.5) is 16.4 Å². The molecule has 27 heavy (non-hydrogen) atoms. The minimum Gasteiger partial charge on any atom is -0.310 e. The van der Waals surface area contributed by atoms with Crippen molar-refractivity contribution in [3.8, 4) is 11.5 Å². The van der Waals surface area contributed by atoms with Crippen molar-refractivity contribution in [3.63, 3.8) is 0 Å². The van der Waals surface area contributed by atoms with Crippen LogP contribution in [0.1, 0.15) is 19.9 Å². The molecular formula is C17H17N9O. The smallest absolute Gasteiger partial charge is 0.310 e. The molecule has 4 aromatic rings. The molecule has 0 aliphatic carbocycles. The quantitative estimate of drug-likeness (QED) is 0.512. The number of aromatic nitrogens is 7. The zero-order valence-electron chi connectivity index (χ0n) is 14.7. The minimum atomic E-state index is -0.468. The van der Waals surface area contributed by atoms with Crippen LogP contribution in [0.15, 0.2) is 43.0 Å². The van der Waals surface area contributed by atoms with Crippen LogP contribution in [-0.2, 0) is 0 Å². The maximum absolute atomic E-state index is 12.3. The fourth-order valence-corrected chi connectivity index (χ4v) is 2.65. The number of nitrogens with zero attached hydrogens (tertiary/aromatic N) is 6. The molecule has 3 N–H and O–H groups in total. The Labute approximate surface area is 154 Å². The minimum absolute atomic E-state index is 0.171. The van der Waals surface area contributed by atoms with Gasteiger partial charge < -0.3 is 4.57 Å². The number of aromatic amines is 1. The van der Waals surface area contributed by atoms with Crippen molar-refractivity contribution in [2.45, 2.75) is 19.9 Å². The molecule has 0 saturated heterocycles. The summed E-state index contributed by atoms with van der Waals surface area (Å²) < 4.78 is 1.88. The van der Waals surface area contributed by atoms with E-state index < -0.39 is 6.03 Å². The molecule has 0 spiro atoms. The Morgan fingerprint density at radius 3 is 2.89 bits per heavy atom. The van der Waals surface area contributed by atoms with E-state index in [-0.39, 0.29) is 6.04 Å². The first-order chi connectivity index (χ1) is 13.1. The van der Waals surface area contributed by atoms with Crippen molar-refractivity contribution in [2.24, 2.45) is 0 Å². The molecule has 136 valence electrons. The van der Waals surface area contributed by atoms with Gasteiger partial charge in [-0.15, -0.1) is 10.2 Å². The van der Waals surface area contributed by atoms with E-state index in [4.69, 9.17) is 0 Å². The molecular weight excluding hydrogens is 346 g/mol. The monoisotopic (exact) mass is 363 g/mol. The fourth-order valence-electron chi connectivity index (χ4n) is 2.65. The van der Waals surface area contributed by atoms with Crippen molar-refractivity contribution >= 4 is 28.6 Å². The van der Waals surface area contributed by atoms with Crippen molar-refractivity contribution in [1.82, 2.24) is 34.9 Å². The summed E-state index contributed by atoms with van der Waals surface area (Å²) in [7, 11) is 0. The van der Waals surface area contributed by atoms with E-state index in [9.17, 15) is 4.79 Å². The number of nitrogens with one attached hydrogen (secondary N) is 3. The van der Waals surface area contributed by atoms with Crippen LogP contribution in [0, 0.1) is 0 Å². The van der Waals surface area contributed by atoms with Crippen LogP contribution in [0.5, 0.6) is 0 Å². The van der Waals surface area contributed by atoms with Crippen LogP contribution >= 0.6 is 0 Å². The van der Waals surface area contributed by atoms with Crippen LogP contribution < -0.4 is 10.6 Å². The van der Waals surface area contributed by atoms with Crippen LogP contribution in [0.25, 0.3) is 22.4 Å². The van der Waals surface area contributed by atoms with Gasteiger partial charge >= 0.3 is 6.03 Å². The fraction of sp³-hybridized carbons (Fsp3) is 0.176. The van der Waals surface area contributed by atoms with Crippen LogP contribution in [0.3, 0.4) is 0 Å². The molecule has 0 aliphatic heterocycles. The van der Waals surface area contributed by atoms with Crippen LogP contribution in [-0.4, -0.2) is 41.0 Å². The molecule has 0 fully saturated rings. The Hall–Kier alpha value is -3.82. The van der Waals surface area contributed by atoms with Gasteiger partial charge in [0.1, 0.15) is 12.0 Å². The maximum Gasteiger partial charge on any atom is 0.326 e. The molecule has 3 aromatic heterocycles. The van der Waals surface area contributed by atoms with Crippen molar-refractivity contribution < 1.29 is 4.79 Å². The van der Waals surface area contributed by atoms with Gasteiger partial charge in [0, 0.05) is 11.4 Å². The lowest BCUT2D eigenvalue weighted by molar-refractivity contribution is 0.262. The van der Waals surface area contributed by atoms with Gasteiger partial charge in [-0.05, 0) is 26.0 Å². The Balaban J connectivity index is 1.53. The topological polar surface area (TPSA) is 126 Å². The average Bonchev–Trinajstić information content (AvgIpc) is 3.30. The van der Waals surface area contributed by atoms with E-state index in [0.717, 1.165) is 10.9 Å². The summed E-state index contributed by atoms with van der Waals surface area (Å²) in [6.07, 6.45) is 4.67. The number of para-hydroxylation sites is 1. The standard InChI is InChI=1S/C17H17N9O/c1-10(2)26-9-19-25-16(26)13-7-18-8-14(20-13)21-17(27)22-15-11-5-3-4-6-12(11)23-24-15/h3-10H,1-2H3,(H3,20,21,22,23,24,27). The van der Waals surface area contributed by atoms with Gasteiger partial charge in [0.2, 0.25) is 0 Å². The highest BCUT2D eigenvalue weighted by atomic mass is 16.2. The van der Waals surface area contributed by atoms with E-state index >= 15 is 0 Å². The predicted octanol–water partition coefficient (Wildman–Crippen LogP) is 2.84. The van der Waals surface area contributed by atoms with E-state index in [2.05, 4.69) is 41.0 Å². The Kier molecular flexibility index (Phi) is 4.21. The normalized spacial score (nSPS) is 11.1. The first kappa shape index (κ1) is 16.6. The summed E-state index contributed by atoms with van der Waals surface area (Å²) >= 11 is 0. The molecule has 2 amide bonds. The van der Waals surface area contributed by atoms with Crippen molar-refractivity contribution in [1.29, 1.82) is 0 Å². The second-order valence-corrected chi connectivity index (χ2v) is 6.14. The Morgan fingerprint density at radius 2 is 2.04 bits per heavy atom. The highest BCUT2D eigenvalue weighted by Gasteiger charge is 2.14. The van der Waals surface area contributed by atoms with Gasteiger partial charge in [-0.25, -0.2) is 9.78 Å². The van der Waals surface area contributed by atoms with Gasteiger partial charge in [0.05, 0.1) is 17.9 Å². The number of hydrogen-bond acceptors (Lipinski definition) is 6. The largest absolute Gasteiger partial charge is 0.326 e. The number of rotatable bonds is 4. The molecule has 0 bridgehead atoms. The Morgan fingerprint density at radius 1 is 1.19 bits per heavy atom. The molecule has 4 rings (SSSR count). The van der Waals surface area contributed by atoms with E-state index in [1.807, 2.05) is 42.7 Å². The summed E-state index contributed by atoms with van der Waals surface area (Å²) in [6, 6.07) is 7.22. The van der Waals surface area contributed by atoms with Crippen LogP contribution in [0.2, 0.25) is 0 Å². The molecule has 0 unspecified atom stereocenters. The molecule has 10 heteroatoms. The van der Waals surface area contributed by atoms with Gasteiger partial charge in [-0.2, -0.15) is 5.10 Å². The molecule has 0 atom stereocenters. The molecule has 0 radical (unpaired) electrons. The third-order valence-electron chi connectivity index (χ3n) is 3.94. The number of carbonyl (C=O) groups is 1. The summed E-state index contributed by atoms with van der Waals surface area (Å²) in [4.78, 5) is 20.9. The molecule has 0 saturated carbocycles. The molecule has 10 nitrogen and oxygen atoms in total. The second kappa shape index (κ2) is 6.83. The number of carbonyl (C=O) groups excluding carboxylic acids is 1. The number of fused-ring (bicyclic) bond motifs is 1. The molecule has 0 aliphatic rings. The molecule has 1 aromatic carbocycles.